The fraction of sp³-hybridized carbons (Fsp3) is 0.278. The standard InChI is InChI=1S/C18H20ClN3O3/c1-10-8-14(19)9-11(2)16(10)25-13(4)17(23)21-22-18(24)15-7-5-6-12(3)20-15/h5-9,13H,1-4H3,(H,21,23)(H,22,24). The number of aromatic nitrogens is 1. The van der Waals surface area contributed by atoms with Crippen molar-refractivity contribution in [2.24, 2.45) is 0 Å². The zero-order chi connectivity index (χ0) is 18.6. The summed E-state index contributed by atoms with van der Waals surface area (Å²) in [6, 6.07) is 8.59. The molecule has 6 nitrogen and oxygen atoms in total. The van der Waals surface area contributed by atoms with Crippen LogP contribution in [0.25, 0.3) is 0 Å². The van der Waals surface area contributed by atoms with Gasteiger partial charge in [-0.25, -0.2) is 4.98 Å². The summed E-state index contributed by atoms with van der Waals surface area (Å²) in [7, 11) is 0. The molecule has 0 bridgehead atoms. The van der Waals surface area contributed by atoms with Gasteiger partial charge in [0.25, 0.3) is 11.8 Å². The van der Waals surface area contributed by atoms with E-state index in [1.54, 1.807) is 44.2 Å². The molecular formula is C18H20ClN3O3. The van der Waals surface area contributed by atoms with E-state index < -0.39 is 17.9 Å². The van der Waals surface area contributed by atoms with Crippen molar-refractivity contribution < 1.29 is 14.3 Å². The molecule has 0 radical (unpaired) electrons. The molecule has 1 atom stereocenters. The molecule has 1 aromatic heterocycles. The van der Waals surface area contributed by atoms with Crippen molar-refractivity contribution >= 4 is 23.4 Å². The van der Waals surface area contributed by atoms with Crippen molar-refractivity contribution in [3.8, 4) is 5.75 Å². The monoisotopic (exact) mass is 361 g/mol. The number of nitrogens with one attached hydrogen (secondary N) is 2. The van der Waals surface area contributed by atoms with Gasteiger partial charge in [0.1, 0.15) is 11.4 Å². The van der Waals surface area contributed by atoms with Gasteiger partial charge >= 0.3 is 0 Å². The highest BCUT2D eigenvalue weighted by molar-refractivity contribution is 6.30. The van der Waals surface area contributed by atoms with Crippen LogP contribution in [0.5, 0.6) is 5.75 Å². The Morgan fingerprint density at radius 1 is 1.12 bits per heavy atom. The van der Waals surface area contributed by atoms with Crippen LogP contribution in [-0.4, -0.2) is 22.9 Å². The van der Waals surface area contributed by atoms with Crippen LogP contribution in [0.2, 0.25) is 5.02 Å². The minimum Gasteiger partial charge on any atom is -0.480 e. The van der Waals surface area contributed by atoms with Crippen LogP contribution >= 0.6 is 11.6 Å². The van der Waals surface area contributed by atoms with Gasteiger partial charge in [0.2, 0.25) is 0 Å². The Morgan fingerprint density at radius 2 is 1.76 bits per heavy atom. The van der Waals surface area contributed by atoms with Gasteiger partial charge in [-0.1, -0.05) is 17.7 Å². The molecule has 7 heteroatoms. The second kappa shape index (κ2) is 7.98. The Bertz CT molecular complexity index is 785. The molecule has 0 spiro atoms. The highest BCUT2D eigenvalue weighted by Crippen LogP contribution is 2.27. The molecule has 2 N–H and O–H groups in total. The first-order chi connectivity index (χ1) is 11.8. The molecule has 0 saturated carbocycles. The van der Waals surface area contributed by atoms with Crippen molar-refractivity contribution in [2.45, 2.75) is 33.8 Å². The van der Waals surface area contributed by atoms with Crippen LogP contribution < -0.4 is 15.6 Å². The maximum absolute atomic E-state index is 12.1. The normalized spacial score (nSPS) is 11.6. The SMILES string of the molecule is Cc1cccc(C(=O)NNC(=O)C(C)Oc2c(C)cc(Cl)cc2C)n1. The van der Waals surface area contributed by atoms with E-state index in [-0.39, 0.29) is 5.69 Å². The van der Waals surface area contributed by atoms with E-state index in [0.29, 0.717) is 16.5 Å². The zero-order valence-corrected chi connectivity index (χ0v) is 15.3. The molecule has 1 aromatic carbocycles. The maximum atomic E-state index is 12.1. The molecule has 2 amide bonds. The van der Waals surface area contributed by atoms with Crippen LogP contribution in [0.1, 0.15) is 34.2 Å². The van der Waals surface area contributed by atoms with Crippen molar-refractivity contribution in [1.82, 2.24) is 15.8 Å². The van der Waals surface area contributed by atoms with Gasteiger partial charge in [0.05, 0.1) is 0 Å². The van der Waals surface area contributed by atoms with E-state index >= 15 is 0 Å². The Morgan fingerprint density at radius 3 is 2.36 bits per heavy atom. The third-order valence-electron chi connectivity index (χ3n) is 3.51. The fourth-order valence-electron chi connectivity index (χ4n) is 2.27. The van der Waals surface area contributed by atoms with E-state index in [4.69, 9.17) is 16.3 Å². The molecule has 2 aromatic rings. The molecule has 2 rings (SSSR count). The number of pyridine rings is 1. The quantitative estimate of drug-likeness (QED) is 0.820. The smallest absolute Gasteiger partial charge is 0.288 e. The van der Waals surface area contributed by atoms with Gasteiger partial charge in [-0.3, -0.25) is 20.4 Å². The third kappa shape index (κ3) is 4.93. The number of ether oxygens (including phenoxy) is 1. The number of halogens is 1. The molecule has 25 heavy (non-hydrogen) atoms. The molecule has 0 saturated heterocycles. The number of rotatable bonds is 4. The number of carbonyl (C=O) groups excluding carboxylic acids is 2. The van der Waals surface area contributed by atoms with Gasteiger partial charge in [-0.2, -0.15) is 0 Å². The lowest BCUT2D eigenvalue weighted by molar-refractivity contribution is -0.128. The van der Waals surface area contributed by atoms with Crippen LogP contribution in [0.15, 0.2) is 30.3 Å². The first-order valence-corrected chi connectivity index (χ1v) is 8.13. The number of hydrogen-bond acceptors (Lipinski definition) is 4. The molecule has 1 unspecified atom stereocenters. The number of hydrazine groups is 1. The van der Waals surface area contributed by atoms with Gasteiger partial charge < -0.3 is 4.74 Å². The largest absolute Gasteiger partial charge is 0.480 e. The molecule has 0 aliphatic heterocycles. The average molecular weight is 362 g/mol. The lowest BCUT2D eigenvalue weighted by Crippen LogP contribution is -2.47. The van der Waals surface area contributed by atoms with Crippen LogP contribution in [0, 0.1) is 20.8 Å². The summed E-state index contributed by atoms with van der Waals surface area (Å²) in [5.41, 5.74) is 7.27. The van der Waals surface area contributed by atoms with E-state index in [1.165, 1.54) is 0 Å². The number of carbonyl (C=O) groups is 2. The minimum atomic E-state index is -0.802. The topological polar surface area (TPSA) is 80.3 Å². The number of amides is 2. The molecule has 0 aliphatic carbocycles. The lowest BCUT2D eigenvalue weighted by Gasteiger charge is -2.18. The molecular weight excluding hydrogens is 342 g/mol. The maximum Gasteiger partial charge on any atom is 0.288 e. The zero-order valence-electron chi connectivity index (χ0n) is 14.5. The number of nitrogens with zero attached hydrogens (tertiary/aromatic N) is 1. The Labute approximate surface area is 151 Å². The van der Waals surface area contributed by atoms with Crippen molar-refractivity contribution in [2.75, 3.05) is 0 Å². The highest BCUT2D eigenvalue weighted by Gasteiger charge is 2.18. The number of hydrogen-bond donors (Lipinski definition) is 2. The van der Waals surface area contributed by atoms with Crippen LogP contribution in [0.3, 0.4) is 0 Å². The fourth-order valence-corrected chi connectivity index (χ4v) is 2.59. The van der Waals surface area contributed by atoms with Crippen molar-refractivity contribution in [3.05, 3.63) is 57.9 Å². The summed E-state index contributed by atoms with van der Waals surface area (Å²) in [5, 5.41) is 0.609. The Kier molecular flexibility index (Phi) is 5.98. The molecule has 132 valence electrons. The molecule has 0 aliphatic rings. The first kappa shape index (κ1) is 18.7. The minimum absolute atomic E-state index is 0.221. The summed E-state index contributed by atoms with van der Waals surface area (Å²) in [4.78, 5) is 28.2. The van der Waals surface area contributed by atoms with Crippen molar-refractivity contribution in [1.29, 1.82) is 0 Å². The third-order valence-corrected chi connectivity index (χ3v) is 3.73. The van der Waals surface area contributed by atoms with Crippen molar-refractivity contribution in [3.63, 3.8) is 0 Å². The summed E-state index contributed by atoms with van der Waals surface area (Å²) in [6.07, 6.45) is -0.802. The Balaban J connectivity index is 1.96. The summed E-state index contributed by atoms with van der Waals surface area (Å²) in [5.74, 6) is -0.378. The summed E-state index contributed by atoms with van der Waals surface area (Å²) in [6.45, 7) is 7.08. The summed E-state index contributed by atoms with van der Waals surface area (Å²) < 4.78 is 5.71. The van der Waals surface area contributed by atoms with E-state index in [1.807, 2.05) is 13.8 Å². The van der Waals surface area contributed by atoms with Gasteiger partial charge in [-0.05, 0) is 63.1 Å². The van der Waals surface area contributed by atoms with Gasteiger partial charge in [0.15, 0.2) is 6.10 Å². The number of benzene rings is 1. The molecule has 1 heterocycles. The average Bonchev–Trinajstić information content (AvgIpc) is 2.55. The van der Waals surface area contributed by atoms with E-state index in [9.17, 15) is 9.59 Å². The van der Waals surface area contributed by atoms with Gasteiger partial charge in [0, 0.05) is 10.7 Å². The molecule has 0 fully saturated rings. The van der Waals surface area contributed by atoms with E-state index in [2.05, 4.69) is 15.8 Å². The second-order valence-electron chi connectivity index (χ2n) is 5.74. The predicted octanol–water partition coefficient (Wildman–Crippen LogP) is 2.89. The first-order valence-electron chi connectivity index (χ1n) is 7.75. The second-order valence-corrected chi connectivity index (χ2v) is 6.17. The van der Waals surface area contributed by atoms with Gasteiger partial charge in [-0.15, -0.1) is 0 Å². The van der Waals surface area contributed by atoms with Crippen LogP contribution in [0.4, 0.5) is 0 Å². The van der Waals surface area contributed by atoms with E-state index in [0.717, 1.165) is 11.1 Å². The van der Waals surface area contributed by atoms with Crippen LogP contribution in [-0.2, 0) is 4.79 Å². The Hall–Kier alpha value is -2.60. The highest BCUT2D eigenvalue weighted by atomic mass is 35.5. The predicted molar refractivity (Wildman–Crippen MR) is 95.6 cm³/mol. The lowest BCUT2D eigenvalue weighted by atomic mass is 10.1. The number of aryl methyl sites for hydroxylation is 3. The summed E-state index contributed by atoms with van der Waals surface area (Å²) >= 11 is 5.99.